The van der Waals surface area contributed by atoms with Crippen molar-refractivity contribution in [3.63, 3.8) is 0 Å². The first-order chi connectivity index (χ1) is 17.0. The largest absolute Gasteiger partial charge is 0.337 e. The van der Waals surface area contributed by atoms with Crippen molar-refractivity contribution in [2.24, 2.45) is 5.92 Å². The molecule has 1 heterocycles. The number of rotatable bonds is 7. The number of urea groups is 1. The normalized spacial score (nSPS) is 17.3. The highest BCUT2D eigenvalue weighted by Gasteiger charge is 2.27. The van der Waals surface area contributed by atoms with Crippen LogP contribution in [0.1, 0.15) is 37.7 Å². The van der Waals surface area contributed by atoms with E-state index in [4.69, 9.17) is 0 Å². The Morgan fingerprint density at radius 3 is 2.26 bits per heavy atom. The molecule has 3 amide bonds. The molecule has 0 spiro atoms. The van der Waals surface area contributed by atoms with Crippen molar-refractivity contribution in [2.75, 3.05) is 44.6 Å². The number of carbonyl (C=O) groups is 2. The van der Waals surface area contributed by atoms with Gasteiger partial charge in [0.25, 0.3) is 0 Å². The van der Waals surface area contributed by atoms with E-state index in [1.165, 1.54) is 18.6 Å². The lowest BCUT2D eigenvalue weighted by Gasteiger charge is -2.36. The van der Waals surface area contributed by atoms with Crippen molar-refractivity contribution in [1.82, 2.24) is 14.7 Å². The second-order valence-electron chi connectivity index (χ2n) is 9.49. The summed E-state index contributed by atoms with van der Waals surface area (Å²) >= 11 is 3.40. The van der Waals surface area contributed by atoms with E-state index in [9.17, 15) is 14.0 Å². The molecule has 1 N–H and O–H groups in total. The van der Waals surface area contributed by atoms with Crippen molar-refractivity contribution in [3.05, 3.63) is 64.4 Å². The van der Waals surface area contributed by atoms with Crippen molar-refractivity contribution in [1.29, 1.82) is 0 Å². The summed E-state index contributed by atoms with van der Waals surface area (Å²) in [6, 6.07) is 13.9. The van der Waals surface area contributed by atoms with Crippen molar-refractivity contribution in [2.45, 2.75) is 38.6 Å². The molecule has 2 aromatic carbocycles. The quantitative estimate of drug-likeness (QED) is 0.511. The number of amides is 3. The summed E-state index contributed by atoms with van der Waals surface area (Å²) in [4.78, 5) is 32.1. The van der Waals surface area contributed by atoms with Crippen LogP contribution in [0.25, 0.3) is 0 Å². The topological polar surface area (TPSA) is 55.9 Å². The van der Waals surface area contributed by atoms with Gasteiger partial charge < -0.3 is 15.1 Å². The fraction of sp³-hybridized carbons (Fsp3) is 0.481. The first-order valence-electron chi connectivity index (χ1n) is 12.5. The van der Waals surface area contributed by atoms with Crippen LogP contribution in [-0.2, 0) is 11.3 Å². The van der Waals surface area contributed by atoms with Gasteiger partial charge >= 0.3 is 6.03 Å². The Labute approximate surface area is 215 Å². The average molecular weight is 545 g/mol. The molecule has 0 aromatic heterocycles. The summed E-state index contributed by atoms with van der Waals surface area (Å²) in [6.45, 7) is 4.75. The first kappa shape index (κ1) is 25.6. The van der Waals surface area contributed by atoms with Gasteiger partial charge in [-0.25, -0.2) is 9.18 Å². The van der Waals surface area contributed by atoms with Crippen LogP contribution in [0.2, 0.25) is 0 Å². The predicted molar refractivity (Wildman–Crippen MR) is 140 cm³/mol. The molecule has 35 heavy (non-hydrogen) atoms. The summed E-state index contributed by atoms with van der Waals surface area (Å²) in [5, 5.41) is 2.95. The van der Waals surface area contributed by atoms with Crippen molar-refractivity contribution < 1.29 is 14.0 Å². The minimum atomic E-state index is -0.263. The van der Waals surface area contributed by atoms with Gasteiger partial charge in [-0.15, -0.1) is 0 Å². The van der Waals surface area contributed by atoms with Crippen LogP contribution in [0, 0.1) is 11.7 Å². The van der Waals surface area contributed by atoms with Crippen LogP contribution in [0.3, 0.4) is 0 Å². The Hall–Kier alpha value is -2.45. The zero-order valence-electron chi connectivity index (χ0n) is 20.1. The lowest BCUT2D eigenvalue weighted by atomic mass is 9.88. The Morgan fingerprint density at radius 2 is 1.60 bits per heavy atom. The minimum Gasteiger partial charge on any atom is -0.337 e. The molecule has 4 rings (SSSR count). The molecule has 6 nitrogen and oxygen atoms in total. The lowest BCUT2D eigenvalue weighted by molar-refractivity contribution is -0.137. The average Bonchev–Trinajstić information content (AvgIpc) is 2.89. The lowest BCUT2D eigenvalue weighted by Crippen LogP contribution is -2.51. The maximum Gasteiger partial charge on any atom is 0.321 e. The number of piperazine rings is 1. The number of anilines is 1. The van der Waals surface area contributed by atoms with Gasteiger partial charge in [-0.1, -0.05) is 47.3 Å². The van der Waals surface area contributed by atoms with Crippen LogP contribution < -0.4 is 5.32 Å². The minimum absolute atomic E-state index is 0.0858. The molecule has 188 valence electrons. The van der Waals surface area contributed by atoms with Gasteiger partial charge in [-0.2, -0.15) is 0 Å². The van der Waals surface area contributed by atoms with E-state index in [1.54, 1.807) is 12.1 Å². The van der Waals surface area contributed by atoms with Crippen molar-refractivity contribution >= 4 is 33.6 Å². The molecule has 0 atom stereocenters. The molecule has 2 aliphatic rings. The zero-order valence-corrected chi connectivity index (χ0v) is 21.7. The SMILES string of the molecule is O=C(Nc1ccc(Br)cc1)N1CCN(CCN(Cc2ccc(F)cc2)C(=O)C2CCCCC2)CC1. The van der Waals surface area contributed by atoms with E-state index in [0.29, 0.717) is 26.2 Å². The van der Waals surface area contributed by atoms with E-state index < -0.39 is 0 Å². The van der Waals surface area contributed by atoms with Gasteiger partial charge in [0, 0.05) is 61.9 Å². The van der Waals surface area contributed by atoms with Gasteiger partial charge in [0.2, 0.25) is 5.91 Å². The molecule has 1 aliphatic carbocycles. The van der Waals surface area contributed by atoms with E-state index in [-0.39, 0.29) is 23.7 Å². The van der Waals surface area contributed by atoms with Gasteiger partial charge in [-0.05, 0) is 54.8 Å². The summed E-state index contributed by atoms with van der Waals surface area (Å²) < 4.78 is 14.3. The maximum atomic E-state index is 13.4. The molecular weight excluding hydrogens is 511 g/mol. The number of carbonyl (C=O) groups excluding carboxylic acids is 2. The number of nitrogens with one attached hydrogen (secondary N) is 1. The summed E-state index contributed by atoms with van der Waals surface area (Å²) in [6.07, 6.45) is 5.37. The molecule has 1 aliphatic heterocycles. The van der Waals surface area contributed by atoms with E-state index in [2.05, 4.69) is 26.1 Å². The van der Waals surface area contributed by atoms with E-state index in [0.717, 1.165) is 61.0 Å². The predicted octanol–water partition coefficient (Wildman–Crippen LogP) is 5.35. The molecule has 0 radical (unpaired) electrons. The van der Waals surface area contributed by atoms with E-state index in [1.807, 2.05) is 34.1 Å². The van der Waals surface area contributed by atoms with Crippen LogP contribution >= 0.6 is 15.9 Å². The molecular formula is C27H34BrFN4O2. The smallest absolute Gasteiger partial charge is 0.321 e. The highest BCUT2D eigenvalue weighted by Crippen LogP contribution is 2.26. The highest BCUT2D eigenvalue weighted by molar-refractivity contribution is 9.10. The molecule has 8 heteroatoms. The van der Waals surface area contributed by atoms with Gasteiger partial charge in [-0.3, -0.25) is 9.69 Å². The number of hydrogen-bond acceptors (Lipinski definition) is 3. The molecule has 2 fully saturated rings. The maximum absolute atomic E-state index is 13.4. The Morgan fingerprint density at radius 1 is 0.943 bits per heavy atom. The van der Waals surface area contributed by atoms with Gasteiger partial charge in [0.1, 0.15) is 5.82 Å². The Balaban J connectivity index is 1.29. The molecule has 1 saturated heterocycles. The number of nitrogens with zero attached hydrogens (tertiary/aromatic N) is 3. The fourth-order valence-electron chi connectivity index (χ4n) is 4.86. The second-order valence-corrected chi connectivity index (χ2v) is 10.4. The summed E-state index contributed by atoms with van der Waals surface area (Å²) in [5.74, 6) is 0.0610. The third-order valence-corrected chi connectivity index (χ3v) is 7.52. The molecule has 2 aromatic rings. The highest BCUT2D eigenvalue weighted by atomic mass is 79.9. The van der Waals surface area contributed by atoms with Gasteiger partial charge in [0.05, 0.1) is 0 Å². The van der Waals surface area contributed by atoms with Crippen LogP contribution in [0.4, 0.5) is 14.9 Å². The fourth-order valence-corrected chi connectivity index (χ4v) is 5.12. The molecule has 0 unspecified atom stereocenters. The van der Waals surface area contributed by atoms with E-state index >= 15 is 0 Å². The second kappa shape index (κ2) is 12.5. The third kappa shape index (κ3) is 7.51. The summed E-state index contributed by atoms with van der Waals surface area (Å²) in [7, 11) is 0. The number of benzene rings is 2. The first-order valence-corrected chi connectivity index (χ1v) is 13.3. The van der Waals surface area contributed by atoms with Crippen molar-refractivity contribution in [3.8, 4) is 0 Å². The van der Waals surface area contributed by atoms with Crippen LogP contribution in [0.15, 0.2) is 53.0 Å². The Bertz CT molecular complexity index is 972. The van der Waals surface area contributed by atoms with Crippen LogP contribution in [0.5, 0.6) is 0 Å². The monoisotopic (exact) mass is 544 g/mol. The molecule has 0 bridgehead atoms. The number of halogens is 2. The van der Waals surface area contributed by atoms with Gasteiger partial charge in [0.15, 0.2) is 0 Å². The number of hydrogen-bond donors (Lipinski definition) is 1. The summed E-state index contributed by atoms with van der Waals surface area (Å²) in [5.41, 5.74) is 1.73. The standard InChI is InChI=1S/C27H34BrFN4O2/c28-23-8-12-25(13-9-23)30-27(35)32-17-14-31(15-18-32)16-19-33(20-21-6-10-24(29)11-7-21)26(34)22-4-2-1-3-5-22/h6-13,22H,1-5,14-20H2,(H,30,35). The molecule has 1 saturated carbocycles. The zero-order chi connectivity index (χ0) is 24.6. The third-order valence-electron chi connectivity index (χ3n) is 6.99. The van der Waals surface area contributed by atoms with Crippen LogP contribution in [-0.4, -0.2) is 65.9 Å². The Kier molecular flexibility index (Phi) is 9.15.